The van der Waals surface area contributed by atoms with Gasteiger partial charge in [-0.3, -0.25) is 4.79 Å². The standard InChI is InChI=1S/C18H22N2O/c1-4-20-13(2)11-16(14(20)3)18(21)12-19-10-9-15-7-5-6-8-17(15)19/h5-8,11H,4,9-10,12H2,1-3H3. The molecule has 0 unspecified atom stereocenters. The van der Waals surface area contributed by atoms with Gasteiger partial charge < -0.3 is 9.47 Å². The van der Waals surface area contributed by atoms with Crippen molar-refractivity contribution in [1.82, 2.24) is 4.57 Å². The van der Waals surface area contributed by atoms with Crippen LogP contribution in [0.25, 0.3) is 0 Å². The number of carbonyl (C=O) groups excluding carboxylic acids is 1. The summed E-state index contributed by atoms with van der Waals surface area (Å²) in [6.07, 6.45) is 1.04. The second-order valence-electron chi connectivity index (χ2n) is 5.75. The van der Waals surface area contributed by atoms with E-state index >= 15 is 0 Å². The molecule has 1 aliphatic rings. The molecule has 0 spiro atoms. The van der Waals surface area contributed by atoms with E-state index in [-0.39, 0.29) is 5.78 Å². The monoisotopic (exact) mass is 282 g/mol. The normalized spacial score (nSPS) is 13.6. The number of nitrogens with zero attached hydrogens (tertiary/aromatic N) is 2. The van der Waals surface area contributed by atoms with Crippen LogP contribution < -0.4 is 4.90 Å². The third-order valence-corrected chi connectivity index (χ3v) is 4.51. The maximum atomic E-state index is 12.7. The number of carbonyl (C=O) groups is 1. The fourth-order valence-electron chi connectivity index (χ4n) is 3.40. The smallest absolute Gasteiger partial charge is 0.183 e. The van der Waals surface area contributed by atoms with Gasteiger partial charge in [0.1, 0.15) is 0 Å². The van der Waals surface area contributed by atoms with Crippen LogP contribution in [0.4, 0.5) is 5.69 Å². The summed E-state index contributed by atoms with van der Waals surface area (Å²) in [7, 11) is 0. The largest absolute Gasteiger partial charge is 0.363 e. The summed E-state index contributed by atoms with van der Waals surface area (Å²) in [5.41, 5.74) is 5.70. The predicted molar refractivity (Wildman–Crippen MR) is 86.3 cm³/mol. The zero-order valence-electron chi connectivity index (χ0n) is 13.0. The molecule has 0 fully saturated rings. The van der Waals surface area contributed by atoms with E-state index in [0.29, 0.717) is 6.54 Å². The minimum Gasteiger partial charge on any atom is -0.363 e. The molecule has 3 nitrogen and oxygen atoms in total. The number of aryl methyl sites for hydroxylation is 1. The maximum absolute atomic E-state index is 12.7. The molecule has 0 amide bonds. The molecule has 1 aliphatic heterocycles. The highest BCUT2D eigenvalue weighted by Crippen LogP contribution is 2.27. The minimum absolute atomic E-state index is 0.222. The highest BCUT2D eigenvalue weighted by atomic mass is 16.1. The summed E-state index contributed by atoms with van der Waals surface area (Å²) in [6, 6.07) is 10.4. The Morgan fingerprint density at radius 3 is 2.71 bits per heavy atom. The second kappa shape index (κ2) is 5.40. The van der Waals surface area contributed by atoms with Crippen LogP contribution in [-0.4, -0.2) is 23.4 Å². The van der Waals surface area contributed by atoms with Gasteiger partial charge in [0.2, 0.25) is 0 Å². The van der Waals surface area contributed by atoms with E-state index in [0.717, 1.165) is 30.8 Å². The minimum atomic E-state index is 0.222. The van der Waals surface area contributed by atoms with Gasteiger partial charge in [-0.2, -0.15) is 0 Å². The maximum Gasteiger partial charge on any atom is 0.183 e. The van der Waals surface area contributed by atoms with Gasteiger partial charge in [0.25, 0.3) is 0 Å². The summed E-state index contributed by atoms with van der Waals surface area (Å²) in [5.74, 6) is 0.222. The summed E-state index contributed by atoms with van der Waals surface area (Å²) in [4.78, 5) is 14.9. The van der Waals surface area contributed by atoms with E-state index < -0.39 is 0 Å². The van der Waals surface area contributed by atoms with Crippen molar-refractivity contribution in [2.24, 2.45) is 0 Å². The number of aromatic nitrogens is 1. The molecule has 110 valence electrons. The van der Waals surface area contributed by atoms with Crippen molar-refractivity contribution >= 4 is 11.5 Å². The SMILES string of the molecule is CCn1c(C)cc(C(=O)CN2CCc3ccccc32)c1C. The Morgan fingerprint density at radius 2 is 2.00 bits per heavy atom. The summed E-state index contributed by atoms with van der Waals surface area (Å²) < 4.78 is 2.20. The lowest BCUT2D eigenvalue weighted by atomic mass is 10.1. The van der Waals surface area contributed by atoms with Crippen molar-refractivity contribution in [3.8, 4) is 0 Å². The fraction of sp³-hybridized carbons (Fsp3) is 0.389. The van der Waals surface area contributed by atoms with Crippen LogP contribution in [0.1, 0.15) is 34.2 Å². The zero-order chi connectivity index (χ0) is 15.0. The number of rotatable bonds is 4. The highest BCUT2D eigenvalue weighted by Gasteiger charge is 2.23. The molecule has 3 rings (SSSR count). The molecule has 0 bridgehead atoms. The molecule has 1 aromatic carbocycles. The first-order chi connectivity index (χ1) is 10.1. The van der Waals surface area contributed by atoms with Crippen molar-refractivity contribution in [2.75, 3.05) is 18.0 Å². The molecule has 2 heterocycles. The van der Waals surface area contributed by atoms with Crippen molar-refractivity contribution in [2.45, 2.75) is 33.7 Å². The quantitative estimate of drug-likeness (QED) is 0.803. The number of hydrogen-bond donors (Lipinski definition) is 0. The number of hydrogen-bond acceptors (Lipinski definition) is 2. The van der Waals surface area contributed by atoms with E-state index in [9.17, 15) is 4.79 Å². The molecule has 1 aromatic heterocycles. The summed E-state index contributed by atoms with van der Waals surface area (Å²) in [6.45, 7) is 8.56. The molecule has 21 heavy (non-hydrogen) atoms. The Labute approximate surface area is 126 Å². The van der Waals surface area contributed by atoms with Gasteiger partial charge in [-0.25, -0.2) is 0 Å². The van der Waals surface area contributed by atoms with Crippen LogP contribution in [0.5, 0.6) is 0 Å². The van der Waals surface area contributed by atoms with Crippen LogP contribution in [0.2, 0.25) is 0 Å². The van der Waals surface area contributed by atoms with E-state index in [1.165, 1.54) is 16.9 Å². The summed E-state index contributed by atoms with van der Waals surface area (Å²) in [5, 5.41) is 0. The van der Waals surface area contributed by atoms with Gasteiger partial charge in [-0.1, -0.05) is 18.2 Å². The van der Waals surface area contributed by atoms with Gasteiger partial charge in [0, 0.05) is 35.7 Å². The molecule has 0 saturated heterocycles. The molecule has 0 N–H and O–H groups in total. The first kappa shape index (κ1) is 13.9. The van der Waals surface area contributed by atoms with Crippen LogP contribution in [-0.2, 0) is 13.0 Å². The molecule has 2 aromatic rings. The summed E-state index contributed by atoms with van der Waals surface area (Å²) >= 11 is 0. The molecule has 0 saturated carbocycles. The Hall–Kier alpha value is -2.03. The Kier molecular flexibility index (Phi) is 3.58. The van der Waals surface area contributed by atoms with E-state index in [2.05, 4.69) is 41.5 Å². The van der Waals surface area contributed by atoms with Gasteiger partial charge in [0.15, 0.2) is 5.78 Å². The number of para-hydroxylation sites is 1. The van der Waals surface area contributed by atoms with E-state index in [4.69, 9.17) is 0 Å². The average Bonchev–Trinajstić information content (AvgIpc) is 3.01. The zero-order valence-corrected chi connectivity index (χ0v) is 13.0. The number of anilines is 1. The first-order valence-corrected chi connectivity index (χ1v) is 7.64. The van der Waals surface area contributed by atoms with E-state index in [1.54, 1.807) is 0 Å². The fourth-order valence-corrected chi connectivity index (χ4v) is 3.40. The number of ketones is 1. The van der Waals surface area contributed by atoms with Gasteiger partial charge in [-0.15, -0.1) is 0 Å². The molecule has 0 aliphatic carbocycles. The lowest BCUT2D eigenvalue weighted by Gasteiger charge is -2.18. The number of benzene rings is 1. The Morgan fingerprint density at radius 1 is 1.24 bits per heavy atom. The van der Waals surface area contributed by atoms with Crippen molar-refractivity contribution < 1.29 is 4.79 Å². The predicted octanol–water partition coefficient (Wildman–Crippen LogP) is 3.37. The van der Waals surface area contributed by atoms with Crippen LogP contribution in [0, 0.1) is 13.8 Å². The topological polar surface area (TPSA) is 25.2 Å². The Bertz CT molecular complexity index is 685. The second-order valence-corrected chi connectivity index (χ2v) is 5.75. The third kappa shape index (κ3) is 2.37. The van der Waals surface area contributed by atoms with Crippen LogP contribution in [0.15, 0.2) is 30.3 Å². The number of fused-ring (bicyclic) bond motifs is 1. The van der Waals surface area contributed by atoms with Crippen molar-refractivity contribution in [1.29, 1.82) is 0 Å². The lowest BCUT2D eigenvalue weighted by molar-refractivity contribution is 0.0999. The molecule has 3 heteroatoms. The van der Waals surface area contributed by atoms with Gasteiger partial charge >= 0.3 is 0 Å². The molecular formula is C18H22N2O. The Balaban J connectivity index is 1.82. The highest BCUT2D eigenvalue weighted by molar-refractivity contribution is 6.00. The van der Waals surface area contributed by atoms with Crippen molar-refractivity contribution in [3.05, 3.63) is 52.8 Å². The molecule has 0 atom stereocenters. The number of Topliss-reactive ketones (excluding diaryl/α,β-unsaturated/α-hetero) is 1. The van der Waals surface area contributed by atoms with Gasteiger partial charge in [0.05, 0.1) is 6.54 Å². The van der Waals surface area contributed by atoms with Gasteiger partial charge in [-0.05, 0) is 44.9 Å². The molecule has 0 radical (unpaired) electrons. The van der Waals surface area contributed by atoms with Crippen molar-refractivity contribution in [3.63, 3.8) is 0 Å². The molecular weight excluding hydrogens is 260 g/mol. The first-order valence-electron chi connectivity index (χ1n) is 7.64. The van der Waals surface area contributed by atoms with E-state index in [1.807, 2.05) is 19.1 Å². The van der Waals surface area contributed by atoms with Crippen LogP contribution >= 0.6 is 0 Å². The lowest BCUT2D eigenvalue weighted by Crippen LogP contribution is -2.28. The van der Waals surface area contributed by atoms with Crippen LogP contribution in [0.3, 0.4) is 0 Å². The third-order valence-electron chi connectivity index (χ3n) is 4.51. The average molecular weight is 282 g/mol.